The van der Waals surface area contributed by atoms with Crippen LogP contribution in [0.15, 0.2) is 60.7 Å². The van der Waals surface area contributed by atoms with Crippen molar-refractivity contribution in [2.24, 2.45) is 5.92 Å². The predicted octanol–water partition coefficient (Wildman–Crippen LogP) is 6.28. The molecule has 4 aromatic rings. The zero-order chi connectivity index (χ0) is 31.9. The zero-order valence-electron chi connectivity index (χ0n) is 24.8. The Hall–Kier alpha value is -4.61. The molecule has 1 aliphatic carbocycles. The van der Waals surface area contributed by atoms with E-state index in [-0.39, 0.29) is 5.91 Å². The molecule has 3 aromatic carbocycles. The fourth-order valence-electron chi connectivity index (χ4n) is 5.25. The standard InChI is InChI=1S/C30H35N5O2.C2HF3O2/c1-4-37-26-18-15-21-9-5-6-10-23(21)27(26)29(36)31-19-20-13-16-22(17-14-20)32-30-33-25-12-8-7-11-24(25)28(34-30)35(2)3;3-2(4,5)1(6)7/h5-12,15,18,20,22H,4,13-14,16-17,19H2,1-3H3,(H,31,36)(H,32,33,34);(H,6,7). The number of alkyl halides is 3. The summed E-state index contributed by atoms with van der Waals surface area (Å²) in [5.74, 6) is -0.141. The number of carboxylic acid groups (broad SMARTS) is 1. The number of carbonyl (C=O) groups is 2. The molecule has 12 heteroatoms. The fourth-order valence-corrected chi connectivity index (χ4v) is 5.25. The number of aromatic nitrogens is 2. The minimum atomic E-state index is -5.08. The normalized spacial score (nSPS) is 16.5. The van der Waals surface area contributed by atoms with Crippen LogP contribution in [0.25, 0.3) is 21.7 Å². The van der Waals surface area contributed by atoms with Gasteiger partial charge in [0, 0.05) is 32.1 Å². The number of benzene rings is 3. The summed E-state index contributed by atoms with van der Waals surface area (Å²) in [5.41, 5.74) is 1.57. The number of hydrogen-bond acceptors (Lipinski definition) is 7. The third-order valence-electron chi connectivity index (χ3n) is 7.40. The van der Waals surface area contributed by atoms with Crippen LogP contribution in [0, 0.1) is 5.92 Å². The molecule has 0 atom stereocenters. The van der Waals surface area contributed by atoms with Crippen LogP contribution in [0.1, 0.15) is 43.0 Å². The Morgan fingerprint density at radius 2 is 1.59 bits per heavy atom. The lowest BCUT2D eigenvalue weighted by molar-refractivity contribution is -0.192. The molecular formula is C32H36F3N5O4. The van der Waals surface area contributed by atoms with E-state index in [0.717, 1.165) is 53.2 Å². The zero-order valence-corrected chi connectivity index (χ0v) is 24.8. The highest BCUT2D eigenvalue weighted by Gasteiger charge is 2.38. The summed E-state index contributed by atoms with van der Waals surface area (Å²) in [7, 11) is 4.02. The quantitative estimate of drug-likeness (QED) is 0.213. The molecule has 44 heavy (non-hydrogen) atoms. The average Bonchev–Trinajstić information content (AvgIpc) is 3.00. The summed E-state index contributed by atoms with van der Waals surface area (Å²) < 4.78 is 37.5. The Balaban J connectivity index is 0.000000566. The van der Waals surface area contributed by atoms with Gasteiger partial charge in [0.2, 0.25) is 5.95 Å². The van der Waals surface area contributed by atoms with Crippen molar-refractivity contribution in [3.05, 3.63) is 66.2 Å². The van der Waals surface area contributed by atoms with Gasteiger partial charge in [0.05, 0.1) is 17.7 Å². The van der Waals surface area contributed by atoms with Crippen molar-refractivity contribution in [1.29, 1.82) is 0 Å². The average molecular weight is 612 g/mol. The van der Waals surface area contributed by atoms with Gasteiger partial charge in [-0.25, -0.2) is 9.78 Å². The highest BCUT2D eigenvalue weighted by Crippen LogP contribution is 2.30. The van der Waals surface area contributed by atoms with Crippen molar-refractivity contribution < 1.29 is 32.6 Å². The Labute approximate surface area is 253 Å². The molecule has 0 saturated heterocycles. The molecule has 0 bridgehead atoms. The SMILES string of the molecule is CCOc1ccc2ccccc2c1C(=O)NCC1CCC(Nc2nc(N(C)C)c3ccccc3n2)CC1.O=C(O)C(F)(F)F. The topological polar surface area (TPSA) is 117 Å². The van der Waals surface area contributed by atoms with Crippen molar-refractivity contribution in [1.82, 2.24) is 15.3 Å². The Morgan fingerprint density at radius 1 is 0.955 bits per heavy atom. The molecule has 1 saturated carbocycles. The number of para-hydroxylation sites is 1. The summed E-state index contributed by atoms with van der Waals surface area (Å²) in [4.78, 5) is 33.7. The van der Waals surface area contributed by atoms with Crippen LogP contribution in [0.5, 0.6) is 5.75 Å². The van der Waals surface area contributed by atoms with Crippen molar-refractivity contribution in [2.75, 3.05) is 37.5 Å². The Bertz CT molecular complexity index is 1600. The van der Waals surface area contributed by atoms with Crippen LogP contribution in [0.4, 0.5) is 24.9 Å². The number of anilines is 2. The molecule has 9 nitrogen and oxygen atoms in total. The van der Waals surface area contributed by atoms with E-state index in [2.05, 4.69) is 16.7 Å². The van der Waals surface area contributed by atoms with Crippen molar-refractivity contribution in [3.63, 3.8) is 0 Å². The van der Waals surface area contributed by atoms with Crippen molar-refractivity contribution in [2.45, 2.75) is 44.8 Å². The smallest absolute Gasteiger partial charge is 0.490 e. The lowest BCUT2D eigenvalue weighted by Crippen LogP contribution is -2.34. The van der Waals surface area contributed by atoms with Gasteiger partial charge in [-0.15, -0.1) is 0 Å². The van der Waals surface area contributed by atoms with Gasteiger partial charge in [0.15, 0.2) is 0 Å². The summed E-state index contributed by atoms with van der Waals surface area (Å²) in [6.07, 6.45) is -0.960. The van der Waals surface area contributed by atoms with E-state index in [1.165, 1.54) is 0 Å². The summed E-state index contributed by atoms with van der Waals surface area (Å²) >= 11 is 0. The van der Waals surface area contributed by atoms with Crippen LogP contribution >= 0.6 is 0 Å². The van der Waals surface area contributed by atoms with Gasteiger partial charge >= 0.3 is 12.1 Å². The molecular weight excluding hydrogens is 575 g/mol. The van der Waals surface area contributed by atoms with Gasteiger partial charge in [-0.05, 0) is 67.5 Å². The van der Waals surface area contributed by atoms with E-state index in [1.807, 2.05) is 80.5 Å². The molecule has 5 rings (SSSR count). The minimum Gasteiger partial charge on any atom is -0.493 e. The van der Waals surface area contributed by atoms with Gasteiger partial charge < -0.3 is 25.4 Å². The maximum atomic E-state index is 13.3. The number of ether oxygens (including phenoxy) is 1. The first-order chi connectivity index (χ1) is 21.0. The first kappa shape index (κ1) is 32.3. The lowest BCUT2D eigenvalue weighted by atomic mass is 9.86. The molecule has 1 amide bonds. The van der Waals surface area contributed by atoms with Gasteiger partial charge in [-0.3, -0.25) is 4.79 Å². The van der Waals surface area contributed by atoms with Crippen LogP contribution in [-0.4, -0.2) is 66.4 Å². The lowest BCUT2D eigenvalue weighted by Gasteiger charge is -2.29. The summed E-state index contributed by atoms with van der Waals surface area (Å²) in [6.45, 7) is 3.12. The molecule has 3 N–H and O–H groups in total. The number of nitrogens with one attached hydrogen (secondary N) is 2. The largest absolute Gasteiger partial charge is 0.493 e. The van der Waals surface area contributed by atoms with Crippen molar-refractivity contribution in [3.8, 4) is 5.75 Å². The minimum absolute atomic E-state index is 0.0683. The number of carbonyl (C=O) groups excluding carboxylic acids is 1. The number of rotatable bonds is 8. The molecule has 0 aliphatic heterocycles. The highest BCUT2D eigenvalue weighted by molar-refractivity contribution is 6.09. The fraction of sp³-hybridized carbons (Fsp3) is 0.375. The van der Waals surface area contributed by atoms with Crippen LogP contribution in [0.3, 0.4) is 0 Å². The number of amides is 1. The summed E-state index contributed by atoms with van der Waals surface area (Å²) in [6, 6.07) is 20.3. The number of hydrogen-bond donors (Lipinski definition) is 3. The highest BCUT2D eigenvalue weighted by atomic mass is 19.4. The number of carboxylic acids is 1. The molecule has 1 aliphatic rings. The first-order valence-electron chi connectivity index (χ1n) is 14.4. The van der Waals surface area contributed by atoms with Gasteiger partial charge in [0.25, 0.3) is 5.91 Å². The first-order valence-corrected chi connectivity index (χ1v) is 14.4. The second-order valence-corrected chi connectivity index (χ2v) is 10.8. The van der Waals surface area contributed by atoms with E-state index < -0.39 is 12.1 Å². The van der Waals surface area contributed by atoms with E-state index in [4.69, 9.17) is 24.6 Å². The van der Waals surface area contributed by atoms with E-state index in [9.17, 15) is 18.0 Å². The third kappa shape index (κ3) is 8.06. The monoisotopic (exact) mass is 611 g/mol. The molecule has 1 fully saturated rings. The van der Waals surface area contributed by atoms with Crippen molar-refractivity contribution >= 4 is 45.3 Å². The molecule has 1 heterocycles. The molecule has 1 aromatic heterocycles. The van der Waals surface area contributed by atoms with E-state index in [1.54, 1.807) is 0 Å². The predicted molar refractivity (Wildman–Crippen MR) is 164 cm³/mol. The van der Waals surface area contributed by atoms with Crippen LogP contribution in [0.2, 0.25) is 0 Å². The maximum absolute atomic E-state index is 13.3. The van der Waals surface area contributed by atoms with Gasteiger partial charge in [0.1, 0.15) is 11.6 Å². The van der Waals surface area contributed by atoms with Crippen LogP contribution in [-0.2, 0) is 4.79 Å². The van der Waals surface area contributed by atoms with Gasteiger partial charge in [-0.1, -0.05) is 42.5 Å². The molecule has 0 radical (unpaired) electrons. The molecule has 0 unspecified atom stereocenters. The number of halogens is 3. The van der Waals surface area contributed by atoms with Crippen LogP contribution < -0.4 is 20.3 Å². The Kier molecular flexibility index (Phi) is 10.5. The summed E-state index contributed by atoms with van der Waals surface area (Å²) in [5, 5.41) is 16.9. The maximum Gasteiger partial charge on any atom is 0.490 e. The third-order valence-corrected chi connectivity index (χ3v) is 7.40. The van der Waals surface area contributed by atoms with E-state index >= 15 is 0 Å². The second-order valence-electron chi connectivity index (χ2n) is 10.8. The Morgan fingerprint density at radius 3 is 2.23 bits per heavy atom. The molecule has 234 valence electrons. The van der Waals surface area contributed by atoms with E-state index in [0.29, 0.717) is 42.4 Å². The second kappa shape index (κ2) is 14.2. The molecule has 0 spiro atoms. The number of nitrogens with zero attached hydrogens (tertiary/aromatic N) is 3. The number of fused-ring (bicyclic) bond motifs is 2. The van der Waals surface area contributed by atoms with Gasteiger partial charge in [-0.2, -0.15) is 18.2 Å². The number of aliphatic carboxylic acids is 1.